The number of carbonyl (C=O) groups is 8. The number of ether oxygens (including phenoxy) is 5. The first-order valence-electron chi connectivity index (χ1n) is 20.8. The molecule has 64 heavy (non-hydrogen) atoms. The quantitative estimate of drug-likeness (QED) is 0.0393. The zero-order valence-electron chi connectivity index (χ0n) is 35.7. The highest BCUT2D eigenvalue weighted by Crippen LogP contribution is 2.31. The highest BCUT2D eigenvalue weighted by molar-refractivity contribution is 6.23. The molecule has 7 rings (SSSR count). The van der Waals surface area contributed by atoms with Crippen LogP contribution in [-0.2, 0) is 23.8 Å². The zero-order chi connectivity index (χ0) is 46.0. The molecule has 334 valence electrons. The van der Waals surface area contributed by atoms with Gasteiger partial charge < -0.3 is 28.8 Å². The number of esters is 2. The molecule has 1 saturated heterocycles. The van der Waals surface area contributed by atoms with Gasteiger partial charge in [-0.15, -0.1) is 0 Å². The summed E-state index contributed by atoms with van der Waals surface area (Å²) in [6.07, 6.45) is 3.15. The van der Waals surface area contributed by atoms with Crippen LogP contribution in [0.3, 0.4) is 0 Å². The number of hydrogen-bond donors (Lipinski definition) is 1. The van der Waals surface area contributed by atoms with Gasteiger partial charge in [-0.05, 0) is 93.1 Å². The van der Waals surface area contributed by atoms with Gasteiger partial charge >= 0.3 is 11.9 Å². The minimum absolute atomic E-state index is 0.0470. The Morgan fingerprint density at radius 1 is 0.625 bits per heavy atom. The summed E-state index contributed by atoms with van der Waals surface area (Å²) in [5.41, 5.74) is -0.0935. The summed E-state index contributed by atoms with van der Waals surface area (Å²) in [4.78, 5) is 99.6. The number of imide groups is 2. The van der Waals surface area contributed by atoms with Crippen LogP contribution in [-0.4, -0.2) is 119 Å². The first-order valence-corrected chi connectivity index (χ1v) is 20.8. The lowest BCUT2D eigenvalue weighted by Crippen LogP contribution is -2.36. The van der Waals surface area contributed by atoms with Crippen molar-refractivity contribution in [1.29, 1.82) is 0 Å². The average molecular weight is 877 g/mol. The van der Waals surface area contributed by atoms with Crippen LogP contribution in [0.25, 0.3) is 0 Å². The van der Waals surface area contributed by atoms with Gasteiger partial charge in [0.05, 0.1) is 28.9 Å². The Labute approximate surface area is 369 Å². The second-order valence-electron chi connectivity index (χ2n) is 15.6. The van der Waals surface area contributed by atoms with Gasteiger partial charge in [-0.3, -0.25) is 48.2 Å². The van der Waals surface area contributed by atoms with Crippen molar-refractivity contribution < 1.29 is 67.1 Å². The van der Waals surface area contributed by atoms with Crippen LogP contribution in [0.5, 0.6) is 11.5 Å². The van der Waals surface area contributed by atoms with Crippen LogP contribution in [0.2, 0.25) is 0 Å². The minimum atomic E-state index is -1.41. The summed E-state index contributed by atoms with van der Waals surface area (Å²) in [5, 5.41) is 10.5. The van der Waals surface area contributed by atoms with E-state index in [2.05, 4.69) is 6.92 Å². The fraction of sp³-hybridized carbons (Fsp3) is 0.333. The van der Waals surface area contributed by atoms with Crippen LogP contribution >= 0.6 is 0 Å². The number of aliphatic hydroxyl groups is 1. The molecular weight excluding hydrogens is 829 g/mol. The van der Waals surface area contributed by atoms with E-state index < -0.39 is 59.9 Å². The third kappa shape index (κ3) is 11.1. The number of rotatable bonds is 20. The topological polar surface area (TPSA) is 213 Å². The predicted octanol–water partition coefficient (Wildman–Crippen LogP) is 5.30. The molecule has 0 spiro atoms. The number of benzene rings is 4. The SMILES string of the molecule is CC1(C(=O)c2ccc(OCCOC(=O)CN3C(=O)c4ccccc4C3=O)cc2)CO1.CCCCCC(C)(O)C(=O)c1ccc(OCCOC(=O)CN2C(=O)c3ccccc3C2=O)cc1. The lowest BCUT2D eigenvalue weighted by molar-refractivity contribution is -0.145. The molecule has 4 aromatic carbocycles. The van der Waals surface area contributed by atoms with E-state index in [-0.39, 0.29) is 60.2 Å². The van der Waals surface area contributed by atoms with Gasteiger partial charge in [0.1, 0.15) is 56.6 Å². The van der Waals surface area contributed by atoms with Crippen LogP contribution in [0.1, 0.15) is 109 Å². The summed E-state index contributed by atoms with van der Waals surface area (Å²) >= 11 is 0. The van der Waals surface area contributed by atoms with Crippen molar-refractivity contribution in [3.05, 3.63) is 130 Å². The average Bonchev–Trinajstić information content (AvgIpc) is 3.96. The van der Waals surface area contributed by atoms with Gasteiger partial charge in [0, 0.05) is 11.1 Å². The smallest absolute Gasteiger partial charge is 0.326 e. The Morgan fingerprint density at radius 3 is 1.39 bits per heavy atom. The summed E-state index contributed by atoms with van der Waals surface area (Å²) < 4.78 is 26.3. The second-order valence-corrected chi connectivity index (χ2v) is 15.6. The molecule has 0 saturated carbocycles. The van der Waals surface area contributed by atoms with Crippen molar-refractivity contribution in [2.24, 2.45) is 0 Å². The minimum Gasteiger partial charge on any atom is -0.490 e. The molecule has 0 aliphatic carbocycles. The van der Waals surface area contributed by atoms with E-state index in [1.54, 1.807) is 104 Å². The molecular formula is C48H48N2O14. The standard InChI is InChI=1S/C26H29NO7.C22H19NO7/c1-3-4-7-14-26(2,32)23(29)18-10-12-19(13-11-18)33-15-16-34-22(28)17-27-24(30)20-8-5-6-9-21(20)25(27)31;1-22(13-30-22)19(25)14-6-8-15(9-7-14)28-10-11-29-18(24)12-23-20(26)16-4-2-3-5-17(16)21(23)27/h5-6,8-13,32H,3-4,7,14-17H2,1-2H3;2-9H,10-13H2,1H3. The van der Waals surface area contributed by atoms with E-state index in [0.717, 1.165) is 29.1 Å². The Hall–Kier alpha value is -7.04. The maximum absolute atomic E-state index is 12.6. The molecule has 3 aliphatic heterocycles. The number of epoxide rings is 1. The number of hydrogen-bond acceptors (Lipinski definition) is 14. The highest BCUT2D eigenvalue weighted by atomic mass is 16.6. The summed E-state index contributed by atoms with van der Waals surface area (Å²) in [6, 6.07) is 25.8. The molecule has 16 heteroatoms. The molecule has 0 radical (unpaired) electrons. The number of amides is 4. The number of nitrogens with zero attached hydrogens (tertiary/aromatic N) is 2. The maximum Gasteiger partial charge on any atom is 0.326 e. The first-order chi connectivity index (χ1) is 30.6. The summed E-state index contributed by atoms with van der Waals surface area (Å²) in [7, 11) is 0. The molecule has 1 fully saturated rings. The monoisotopic (exact) mass is 876 g/mol. The van der Waals surface area contributed by atoms with Crippen molar-refractivity contribution in [2.45, 2.75) is 57.7 Å². The van der Waals surface area contributed by atoms with E-state index in [1.807, 2.05) is 0 Å². The van der Waals surface area contributed by atoms with Gasteiger partial charge in [0.25, 0.3) is 23.6 Å². The Morgan fingerprint density at radius 2 is 1.02 bits per heavy atom. The normalized spacial score (nSPS) is 16.8. The number of unbranched alkanes of at least 4 members (excludes halogenated alkanes) is 2. The largest absolute Gasteiger partial charge is 0.490 e. The molecule has 4 amide bonds. The molecule has 4 aromatic rings. The maximum atomic E-state index is 12.6. The molecule has 1 N–H and O–H groups in total. The summed E-state index contributed by atoms with van der Waals surface area (Å²) in [6.45, 7) is 4.86. The molecule has 0 bridgehead atoms. The molecule has 0 aromatic heterocycles. The molecule has 16 nitrogen and oxygen atoms in total. The van der Waals surface area contributed by atoms with Crippen LogP contribution in [0, 0.1) is 0 Å². The number of carbonyl (C=O) groups excluding carboxylic acids is 8. The van der Waals surface area contributed by atoms with E-state index >= 15 is 0 Å². The van der Waals surface area contributed by atoms with Crippen molar-refractivity contribution in [3.63, 3.8) is 0 Å². The van der Waals surface area contributed by atoms with Gasteiger partial charge in [-0.2, -0.15) is 0 Å². The fourth-order valence-electron chi connectivity index (χ4n) is 6.84. The Bertz CT molecular complexity index is 2350. The van der Waals surface area contributed by atoms with Gasteiger partial charge in [0.15, 0.2) is 17.2 Å². The van der Waals surface area contributed by atoms with Gasteiger partial charge in [-0.1, -0.05) is 50.5 Å². The molecule has 2 atom stereocenters. The third-order valence-electron chi connectivity index (χ3n) is 10.6. The number of fused-ring (bicyclic) bond motifs is 2. The van der Waals surface area contributed by atoms with Crippen molar-refractivity contribution in [3.8, 4) is 11.5 Å². The number of ketones is 2. The van der Waals surface area contributed by atoms with E-state index in [4.69, 9.17) is 23.7 Å². The predicted molar refractivity (Wildman–Crippen MR) is 227 cm³/mol. The van der Waals surface area contributed by atoms with Crippen LogP contribution in [0.15, 0.2) is 97.1 Å². The lowest BCUT2D eigenvalue weighted by Gasteiger charge is -2.21. The third-order valence-corrected chi connectivity index (χ3v) is 10.6. The van der Waals surface area contributed by atoms with E-state index in [1.165, 1.54) is 6.92 Å². The molecule has 3 aliphatic rings. The van der Waals surface area contributed by atoms with Crippen molar-refractivity contribution in [2.75, 3.05) is 46.1 Å². The first kappa shape index (κ1) is 46.5. The lowest BCUT2D eigenvalue weighted by atomic mass is 9.89. The number of Topliss-reactive ketones (excluding diaryl/α,β-unsaturated/α-hetero) is 2. The fourth-order valence-corrected chi connectivity index (χ4v) is 6.84. The van der Waals surface area contributed by atoms with Gasteiger partial charge in [-0.25, -0.2) is 0 Å². The van der Waals surface area contributed by atoms with Crippen LogP contribution in [0.4, 0.5) is 0 Å². The second kappa shape index (κ2) is 20.4. The molecule has 2 unspecified atom stereocenters. The van der Waals surface area contributed by atoms with Crippen LogP contribution < -0.4 is 9.47 Å². The van der Waals surface area contributed by atoms with E-state index in [0.29, 0.717) is 35.7 Å². The van der Waals surface area contributed by atoms with E-state index in [9.17, 15) is 43.5 Å². The Kier molecular flexibility index (Phi) is 14.8. The summed E-state index contributed by atoms with van der Waals surface area (Å²) in [5.74, 6) is -2.90. The highest BCUT2D eigenvalue weighted by Gasteiger charge is 2.47. The van der Waals surface area contributed by atoms with Gasteiger partial charge in [0.2, 0.25) is 0 Å². The van der Waals surface area contributed by atoms with Crippen molar-refractivity contribution in [1.82, 2.24) is 9.80 Å². The molecule has 3 heterocycles. The zero-order valence-corrected chi connectivity index (χ0v) is 35.7. The van der Waals surface area contributed by atoms with Crippen molar-refractivity contribution >= 4 is 47.1 Å². The Balaban J connectivity index is 0.000000214.